The third-order valence-corrected chi connectivity index (χ3v) is 4.37. The Morgan fingerprint density at radius 1 is 1.13 bits per heavy atom. The summed E-state index contributed by atoms with van der Waals surface area (Å²) in [5.41, 5.74) is 0.941. The molecule has 0 atom stereocenters. The number of benzene rings is 1. The van der Waals surface area contributed by atoms with Gasteiger partial charge in [-0.3, -0.25) is 4.99 Å². The van der Waals surface area contributed by atoms with Crippen LogP contribution in [0.3, 0.4) is 0 Å². The second-order valence-electron chi connectivity index (χ2n) is 4.90. The molecule has 0 aliphatic heterocycles. The molecule has 0 aromatic heterocycles. The summed E-state index contributed by atoms with van der Waals surface area (Å²) in [5.74, 6) is 0.639. The van der Waals surface area contributed by atoms with Crippen molar-refractivity contribution < 1.29 is 8.42 Å². The predicted molar refractivity (Wildman–Crippen MR) is 107 cm³/mol. The van der Waals surface area contributed by atoms with E-state index < -0.39 is 10.0 Å². The monoisotopic (exact) mass is 454 g/mol. The molecular formula is C15H27IN4O2S. The highest BCUT2D eigenvalue weighted by Crippen LogP contribution is 1.98. The SMILES string of the molecule is CCCCNC(=NC)NCCS(=O)(=O)NCc1ccccc1.I. The van der Waals surface area contributed by atoms with Gasteiger partial charge in [-0.05, 0) is 12.0 Å². The van der Waals surface area contributed by atoms with E-state index in [1.54, 1.807) is 7.05 Å². The maximum absolute atomic E-state index is 11.9. The van der Waals surface area contributed by atoms with Gasteiger partial charge in [-0.15, -0.1) is 24.0 Å². The van der Waals surface area contributed by atoms with Gasteiger partial charge in [0.25, 0.3) is 0 Å². The molecule has 0 fully saturated rings. The summed E-state index contributed by atoms with van der Waals surface area (Å²) < 4.78 is 26.4. The molecule has 6 nitrogen and oxygen atoms in total. The Hall–Kier alpha value is -0.870. The Kier molecular flexibility index (Phi) is 12.1. The fourth-order valence-corrected chi connectivity index (χ4v) is 2.67. The molecule has 1 aromatic carbocycles. The minimum Gasteiger partial charge on any atom is -0.356 e. The number of sulfonamides is 1. The number of aliphatic imine (C=N–C) groups is 1. The number of unbranched alkanes of at least 4 members (excludes halogenated alkanes) is 1. The summed E-state index contributed by atoms with van der Waals surface area (Å²) in [4.78, 5) is 4.05. The van der Waals surface area contributed by atoms with Crippen molar-refractivity contribution >= 4 is 40.0 Å². The standard InChI is InChI=1S/C15H26N4O2S.HI/c1-3-4-10-17-15(16-2)18-11-12-22(20,21)19-13-14-8-6-5-7-9-14;/h5-9,19H,3-4,10-13H2,1-2H3,(H2,16,17,18);1H. The number of guanidine groups is 1. The average Bonchev–Trinajstić information content (AvgIpc) is 2.52. The Morgan fingerprint density at radius 3 is 2.39 bits per heavy atom. The summed E-state index contributed by atoms with van der Waals surface area (Å²) in [7, 11) is -1.63. The van der Waals surface area contributed by atoms with Gasteiger partial charge in [0.05, 0.1) is 5.75 Å². The third-order valence-electron chi connectivity index (χ3n) is 3.05. The van der Waals surface area contributed by atoms with Crippen molar-refractivity contribution in [2.24, 2.45) is 4.99 Å². The van der Waals surface area contributed by atoms with Gasteiger partial charge in [-0.2, -0.15) is 0 Å². The Morgan fingerprint density at radius 2 is 1.78 bits per heavy atom. The summed E-state index contributed by atoms with van der Waals surface area (Å²) >= 11 is 0. The van der Waals surface area contributed by atoms with Crippen LogP contribution in [-0.4, -0.2) is 40.3 Å². The second kappa shape index (κ2) is 12.5. The number of nitrogens with one attached hydrogen (secondary N) is 3. The van der Waals surface area contributed by atoms with E-state index in [0.717, 1.165) is 24.9 Å². The molecule has 23 heavy (non-hydrogen) atoms. The van der Waals surface area contributed by atoms with Crippen LogP contribution in [0.1, 0.15) is 25.3 Å². The summed E-state index contributed by atoms with van der Waals surface area (Å²) in [6.07, 6.45) is 2.15. The van der Waals surface area contributed by atoms with Crippen LogP contribution < -0.4 is 15.4 Å². The largest absolute Gasteiger partial charge is 0.356 e. The molecule has 1 rings (SSSR count). The van der Waals surface area contributed by atoms with Gasteiger partial charge >= 0.3 is 0 Å². The van der Waals surface area contributed by atoms with Crippen LogP contribution in [0.25, 0.3) is 0 Å². The van der Waals surface area contributed by atoms with Crippen LogP contribution in [0.5, 0.6) is 0 Å². The van der Waals surface area contributed by atoms with E-state index in [1.807, 2.05) is 30.3 Å². The van der Waals surface area contributed by atoms with Crippen LogP contribution >= 0.6 is 24.0 Å². The molecule has 0 aliphatic carbocycles. The maximum atomic E-state index is 11.9. The van der Waals surface area contributed by atoms with Crippen LogP contribution in [0.2, 0.25) is 0 Å². The van der Waals surface area contributed by atoms with E-state index in [-0.39, 0.29) is 29.7 Å². The molecule has 0 heterocycles. The molecular weight excluding hydrogens is 427 g/mol. The van der Waals surface area contributed by atoms with Gasteiger partial charge in [0.2, 0.25) is 10.0 Å². The van der Waals surface area contributed by atoms with Crippen LogP contribution in [0.15, 0.2) is 35.3 Å². The molecule has 0 amide bonds. The highest BCUT2D eigenvalue weighted by molar-refractivity contribution is 14.0. The first-order valence-corrected chi connectivity index (χ1v) is 9.18. The summed E-state index contributed by atoms with van der Waals surface area (Å²) in [6, 6.07) is 9.45. The van der Waals surface area contributed by atoms with Crippen molar-refractivity contribution in [3.8, 4) is 0 Å². The van der Waals surface area contributed by atoms with Crippen molar-refractivity contribution in [3.63, 3.8) is 0 Å². The van der Waals surface area contributed by atoms with Crippen molar-refractivity contribution in [2.75, 3.05) is 25.9 Å². The smallest absolute Gasteiger partial charge is 0.213 e. The fourth-order valence-electron chi connectivity index (χ4n) is 1.77. The number of halogens is 1. The first kappa shape index (κ1) is 22.1. The van der Waals surface area contributed by atoms with E-state index >= 15 is 0 Å². The fraction of sp³-hybridized carbons (Fsp3) is 0.533. The van der Waals surface area contributed by atoms with Crippen LogP contribution in [-0.2, 0) is 16.6 Å². The topological polar surface area (TPSA) is 82.6 Å². The van der Waals surface area contributed by atoms with E-state index in [9.17, 15) is 8.42 Å². The summed E-state index contributed by atoms with van der Waals surface area (Å²) in [5, 5.41) is 6.14. The molecule has 0 aliphatic rings. The van der Waals surface area contributed by atoms with Crippen LogP contribution in [0, 0.1) is 0 Å². The van der Waals surface area contributed by atoms with Crippen molar-refractivity contribution in [3.05, 3.63) is 35.9 Å². The third kappa shape index (κ3) is 10.5. The maximum Gasteiger partial charge on any atom is 0.213 e. The molecule has 0 spiro atoms. The van der Waals surface area contributed by atoms with Gasteiger partial charge in [0, 0.05) is 26.7 Å². The molecule has 0 unspecified atom stereocenters. The number of hydrogen-bond acceptors (Lipinski definition) is 3. The molecule has 132 valence electrons. The van der Waals surface area contributed by atoms with E-state index in [0.29, 0.717) is 19.0 Å². The van der Waals surface area contributed by atoms with E-state index in [4.69, 9.17) is 0 Å². The zero-order chi connectivity index (χ0) is 16.3. The lowest BCUT2D eigenvalue weighted by molar-refractivity contribution is 0.580. The van der Waals surface area contributed by atoms with Gasteiger partial charge in [0.1, 0.15) is 0 Å². The van der Waals surface area contributed by atoms with Crippen molar-refractivity contribution in [2.45, 2.75) is 26.3 Å². The number of hydrogen-bond donors (Lipinski definition) is 3. The number of rotatable bonds is 9. The Balaban J connectivity index is 0.00000484. The van der Waals surface area contributed by atoms with Crippen molar-refractivity contribution in [1.82, 2.24) is 15.4 Å². The molecule has 3 N–H and O–H groups in total. The van der Waals surface area contributed by atoms with E-state index in [2.05, 4.69) is 27.3 Å². The lowest BCUT2D eigenvalue weighted by atomic mass is 10.2. The first-order valence-electron chi connectivity index (χ1n) is 7.53. The van der Waals surface area contributed by atoms with Crippen molar-refractivity contribution in [1.29, 1.82) is 0 Å². The van der Waals surface area contributed by atoms with E-state index in [1.165, 1.54) is 0 Å². The Bertz CT molecular complexity index is 550. The highest BCUT2D eigenvalue weighted by Gasteiger charge is 2.10. The molecule has 0 saturated heterocycles. The molecule has 0 bridgehead atoms. The normalized spacial score (nSPS) is 11.7. The predicted octanol–water partition coefficient (Wildman–Crippen LogP) is 1.69. The van der Waals surface area contributed by atoms with Crippen LogP contribution in [0.4, 0.5) is 0 Å². The quantitative estimate of drug-likeness (QED) is 0.230. The number of nitrogens with zero attached hydrogens (tertiary/aromatic N) is 1. The Labute approximate surface area is 156 Å². The lowest BCUT2D eigenvalue weighted by Crippen LogP contribution is -2.41. The zero-order valence-corrected chi connectivity index (χ0v) is 16.9. The lowest BCUT2D eigenvalue weighted by Gasteiger charge is -2.12. The van der Waals surface area contributed by atoms with Gasteiger partial charge in [-0.25, -0.2) is 13.1 Å². The average molecular weight is 454 g/mol. The first-order chi connectivity index (χ1) is 10.6. The molecule has 1 aromatic rings. The molecule has 0 radical (unpaired) electrons. The summed E-state index contributed by atoms with van der Waals surface area (Å²) in [6.45, 7) is 3.57. The minimum absolute atomic E-state index is 0. The highest BCUT2D eigenvalue weighted by atomic mass is 127. The molecule has 8 heteroatoms. The second-order valence-corrected chi connectivity index (χ2v) is 6.83. The van der Waals surface area contributed by atoms with Gasteiger partial charge in [-0.1, -0.05) is 43.7 Å². The van der Waals surface area contributed by atoms with Gasteiger partial charge in [0.15, 0.2) is 5.96 Å². The van der Waals surface area contributed by atoms with Gasteiger partial charge < -0.3 is 10.6 Å². The molecule has 0 saturated carbocycles. The minimum atomic E-state index is -3.30. The zero-order valence-electron chi connectivity index (χ0n) is 13.7.